The van der Waals surface area contributed by atoms with Crippen LogP contribution in [-0.2, 0) is 0 Å². The van der Waals surface area contributed by atoms with Crippen LogP contribution < -0.4 is 26.5 Å². The van der Waals surface area contributed by atoms with Crippen LogP contribution in [0.1, 0.15) is 0 Å². The van der Waals surface area contributed by atoms with Crippen molar-refractivity contribution in [2.45, 2.75) is 0 Å². The van der Waals surface area contributed by atoms with E-state index in [4.69, 9.17) is 24.8 Å². The van der Waals surface area contributed by atoms with Crippen LogP contribution >= 0.6 is 32.2 Å². The minimum absolute atomic E-state index is 0.957. The third-order valence-corrected chi connectivity index (χ3v) is 19.2. The lowest BCUT2D eigenvalue weighted by molar-refractivity contribution is 1.63. The topological polar surface area (TPSA) is 37.1 Å². The molecule has 0 amide bonds. The third kappa shape index (κ3) is 4.41. The highest BCUT2D eigenvalue weighted by molar-refractivity contribution is 8.07. The average molecular weight is 556 g/mol. The Morgan fingerprint density at radius 2 is 0.595 bits per heavy atom. The highest BCUT2D eigenvalue weighted by Gasteiger charge is 2.40. The molecule has 1 unspecified atom stereocenters. The Hall–Kier alpha value is -2.92. The highest BCUT2D eigenvalue weighted by atomic mass is 35.7. The molecule has 0 bridgehead atoms. The summed E-state index contributed by atoms with van der Waals surface area (Å²) >= 11 is 7.74. The van der Waals surface area contributed by atoms with Gasteiger partial charge in [-0.25, -0.2) is 13.5 Å². The summed E-state index contributed by atoms with van der Waals surface area (Å²) in [5.41, 5.74) is 0. The van der Waals surface area contributed by atoms with E-state index in [1.54, 1.807) is 0 Å². The van der Waals surface area contributed by atoms with Crippen LogP contribution in [0.2, 0.25) is 0 Å². The van der Waals surface area contributed by atoms with Crippen molar-refractivity contribution in [3.05, 3.63) is 152 Å². The molecule has 0 saturated heterocycles. The van der Waals surface area contributed by atoms with E-state index >= 15 is 0 Å². The van der Waals surface area contributed by atoms with E-state index in [0.29, 0.717) is 0 Å². The molecule has 6 rings (SSSR count). The van der Waals surface area contributed by atoms with Crippen molar-refractivity contribution in [3.8, 4) is 0 Å². The Bertz CT molecular complexity index is 1520. The summed E-state index contributed by atoms with van der Waals surface area (Å²) in [5, 5.41) is 5.32. The Labute approximate surface area is 223 Å². The SMILES string of the molecule is ClP1(c2ccccc2)=NP(c2ccccc2)(c2ccccc2)=NP(c2ccccc2)(c2ccccc2)=N1. The van der Waals surface area contributed by atoms with Gasteiger partial charge in [0.05, 0.1) is 0 Å². The zero-order valence-electron chi connectivity index (χ0n) is 20.0. The largest absolute Gasteiger partial charge is 0.223 e. The second-order valence-corrected chi connectivity index (χ2v) is 18.3. The summed E-state index contributed by atoms with van der Waals surface area (Å²) in [6, 6.07) is 52.1. The number of hydrogen-bond acceptors (Lipinski definition) is 3. The van der Waals surface area contributed by atoms with Crippen molar-refractivity contribution in [1.29, 1.82) is 0 Å². The van der Waals surface area contributed by atoms with Crippen LogP contribution in [0.3, 0.4) is 0 Å². The summed E-state index contributed by atoms with van der Waals surface area (Å²) in [6.07, 6.45) is 0. The first-order valence-corrected chi connectivity index (χ1v) is 18.0. The van der Waals surface area contributed by atoms with Gasteiger partial charge in [0.25, 0.3) is 0 Å². The van der Waals surface area contributed by atoms with E-state index in [-0.39, 0.29) is 0 Å². The standard InChI is InChI=1S/C30H25ClN3P3/c31-37(30-24-14-5-15-25-30)33-35(26-16-6-1-7-17-26,27-18-8-2-9-19-27)32-36(34-37,28-20-10-3-11-21-28)29-22-12-4-13-23-29/h1-25H. The van der Waals surface area contributed by atoms with Gasteiger partial charge < -0.3 is 0 Å². The molecule has 0 aromatic heterocycles. The van der Waals surface area contributed by atoms with E-state index in [1.165, 1.54) is 0 Å². The van der Waals surface area contributed by atoms with Gasteiger partial charge in [-0.2, -0.15) is 0 Å². The van der Waals surface area contributed by atoms with Gasteiger partial charge in [-0.05, 0) is 11.2 Å². The lowest BCUT2D eigenvalue weighted by atomic mass is 10.4. The van der Waals surface area contributed by atoms with Gasteiger partial charge in [0, 0.05) is 26.5 Å². The summed E-state index contributed by atoms with van der Waals surface area (Å²) in [6.45, 7) is -2.89. The second-order valence-electron chi connectivity index (χ2n) is 8.67. The number of halogens is 1. The molecule has 0 fully saturated rings. The minimum Gasteiger partial charge on any atom is -0.223 e. The van der Waals surface area contributed by atoms with Crippen LogP contribution in [-0.4, -0.2) is 0 Å². The summed E-state index contributed by atoms with van der Waals surface area (Å²) in [4.78, 5) is 0. The van der Waals surface area contributed by atoms with Crippen LogP contribution in [0.4, 0.5) is 0 Å². The second kappa shape index (κ2) is 10.1. The van der Waals surface area contributed by atoms with Crippen molar-refractivity contribution < 1.29 is 0 Å². The van der Waals surface area contributed by atoms with E-state index in [1.807, 2.05) is 42.5 Å². The van der Waals surface area contributed by atoms with E-state index in [9.17, 15) is 0 Å². The molecule has 182 valence electrons. The molecule has 5 aromatic rings. The van der Waals surface area contributed by atoms with E-state index < -0.39 is 21.0 Å². The minimum atomic E-state index is -2.89. The number of benzene rings is 5. The molecule has 0 spiro atoms. The first kappa shape index (κ1) is 24.4. The molecule has 0 N–H and O–H groups in total. The predicted octanol–water partition coefficient (Wildman–Crippen LogP) is 8.13. The normalized spacial score (nSPS) is 19.6. The molecular formula is C30H25ClN3P3. The van der Waals surface area contributed by atoms with Gasteiger partial charge in [-0.3, -0.25) is 0 Å². The summed E-state index contributed by atoms with van der Waals surface area (Å²) < 4.78 is 17.0. The monoisotopic (exact) mass is 555 g/mol. The highest BCUT2D eigenvalue weighted by Crippen LogP contribution is 2.78. The molecule has 0 aliphatic carbocycles. The lowest BCUT2D eigenvalue weighted by Crippen LogP contribution is -2.21. The van der Waals surface area contributed by atoms with Crippen LogP contribution in [0.15, 0.2) is 165 Å². The Kier molecular flexibility index (Phi) is 6.66. The molecule has 1 aliphatic rings. The van der Waals surface area contributed by atoms with Gasteiger partial charge in [-0.15, -0.1) is 0 Å². The molecular weight excluding hydrogens is 531 g/mol. The first-order valence-electron chi connectivity index (χ1n) is 12.0. The Balaban J connectivity index is 1.87. The van der Waals surface area contributed by atoms with Gasteiger partial charge >= 0.3 is 0 Å². The summed E-state index contributed by atoms with van der Waals surface area (Å²) in [5.74, 6) is 0. The van der Waals surface area contributed by atoms with Crippen LogP contribution in [0.5, 0.6) is 0 Å². The first-order chi connectivity index (χ1) is 18.1. The predicted molar refractivity (Wildman–Crippen MR) is 164 cm³/mol. The number of rotatable bonds is 5. The van der Waals surface area contributed by atoms with Crippen molar-refractivity contribution >= 4 is 58.7 Å². The molecule has 1 aliphatic heterocycles. The van der Waals surface area contributed by atoms with Crippen molar-refractivity contribution in [2.24, 2.45) is 13.5 Å². The molecule has 0 saturated carbocycles. The molecule has 1 heterocycles. The third-order valence-electron chi connectivity index (χ3n) is 6.30. The number of nitrogens with zero attached hydrogens (tertiary/aromatic N) is 3. The molecule has 3 nitrogen and oxygen atoms in total. The molecule has 37 heavy (non-hydrogen) atoms. The fourth-order valence-electron chi connectivity index (χ4n) is 4.56. The summed E-state index contributed by atoms with van der Waals surface area (Å²) in [7, 11) is -5.42. The van der Waals surface area contributed by atoms with Gasteiger partial charge in [0.2, 0.25) is 0 Å². The molecule has 1 atom stereocenters. The van der Waals surface area contributed by atoms with Crippen LogP contribution in [0, 0.1) is 0 Å². The van der Waals surface area contributed by atoms with Gasteiger partial charge in [-0.1, -0.05) is 152 Å². The number of hydrogen-bond donors (Lipinski definition) is 0. The fourth-order valence-corrected chi connectivity index (χ4v) is 19.9. The Morgan fingerprint density at radius 3 is 0.919 bits per heavy atom. The van der Waals surface area contributed by atoms with E-state index in [0.717, 1.165) is 26.5 Å². The van der Waals surface area contributed by atoms with Crippen molar-refractivity contribution in [2.75, 3.05) is 0 Å². The van der Waals surface area contributed by atoms with E-state index in [2.05, 4.69) is 109 Å². The quantitative estimate of drug-likeness (QED) is 0.196. The van der Waals surface area contributed by atoms with Gasteiger partial charge in [0.15, 0.2) is 6.56 Å². The Morgan fingerprint density at radius 1 is 0.324 bits per heavy atom. The maximum Gasteiger partial charge on any atom is 0.194 e. The zero-order valence-corrected chi connectivity index (χ0v) is 23.4. The fraction of sp³-hybridized carbons (Fsp3) is 0. The maximum absolute atomic E-state index is 7.74. The van der Waals surface area contributed by atoms with Crippen molar-refractivity contribution in [3.63, 3.8) is 0 Å². The van der Waals surface area contributed by atoms with Crippen LogP contribution in [0.25, 0.3) is 0 Å². The molecule has 0 radical (unpaired) electrons. The smallest absolute Gasteiger partial charge is 0.194 e. The van der Waals surface area contributed by atoms with Crippen molar-refractivity contribution in [1.82, 2.24) is 0 Å². The van der Waals surface area contributed by atoms with Gasteiger partial charge in [0.1, 0.15) is 14.4 Å². The lowest BCUT2D eigenvalue weighted by Gasteiger charge is -2.35. The zero-order chi connectivity index (χ0) is 25.2. The molecule has 7 heteroatoms. The average Bonchev–Trinajstić information content (AvgIpc) is 2.99. The molecule has 5 aromatic carbocycles. The maximum atomic E-state index is 7.74.